The SMILES string of the molecule is Cc1cnc2n1CCc1cc(-c3ccccc3)ncc1-2. The van der Waals surface area contributed by atoms with Gasteiger partial charge in [-0.3, -0.25) is 4.98 Å². The van der Waals surface area contributed by atoms with Crippen molar-refractivity contribution in [2.45, 2.75) is 19.9 Å². The number of rotatable bonds is 1. The number of pyridine rings is 1. The molecule has 0 fully saturated rings. The summed E-state index contributed by atoms with van der Waals surface area (Å²) in [5, 5.41) is 0. The Bertz CT molecular complexity index is 772. The molecular formula is C17H15N3. The van der Waals surface area contributed by atoms with Crippen molar-refractivity contribution < 1.29 is 0 Å². The number of aryl methyl sites for hydroxylation is 2. The maximum absolute atomic E-state index is 4.62. The quantitative estimate of drug-likeness (QED) is 0.671. The minimum Gasteiger partial charge on any atom is -0.328 e. The highest BCUT2D eigenvalue weighted by atomic mass is 15.1. The molecule has 1 aliphatic rings. The highest BCUT2D eigenvalue weighted by Gasteiger charge is 2.19. The number of benzene rings is 1. The van der Waals surface area contributed by atoms with Gasteiger partial charge in [-0.1, -0.05) is 30.3 Å². The van der Waals surface area contributed by atoms with E-state index in [1.165, 1.54) is 22.4 Å². The third-order valence-corrected chi connectivity index (χ3v) is 3.96. The topological polar surface area (TPSA) is 30.7 Å². The van der Waals surface area contributed by atoms with Crippen LogP contribution < -0.4 is 0 Å². The van der Waals surface area contributed by atoms with E-state index in [0.29, 0.717) is 0 Å². The van der Waals surface area contributed by atoms with Crippen LogP contribution in [-0.4, -0.2) is 14.5 Å². The zero-order chi connectivity index (χ0) is 13.5. The minimum absolute atomic E-state index is 1.01. The summed E-state index contributed by atoms with van der Waals surface area (Å²) in [6.45, 7) is 3.11. The average molecular weight is 261 g/mol. The van der Waals surface area contributed by atoms with Gasteiger partial charge in [-0.05, 0) is 25.0 Å². The first-order valence-corrected chi connectivity index (χ1v) is 6.90. The molecule has 20 heavy (non-hydrogen) atoms. The summed E-state index contributed by atoms with van der Waals surface area (Å²) < 4.78 is 2.27. The van der Waals surface area contributed by atoms with Crippen LogP contribution in [0.1, 0.15) is 11.3 Å². The molecule has 2 aromatic heterocycles. The van der Waals surface area contributed by atoms with Crippen molar-refractivity contribution in [1.82, 2.24) is 14.5 Å². The third kappa shape index (κ3) is 1.67. The van der Waals surface area contributed by atoms with Crippen LogP contribution in [0.25, 0.3) is 22.6 Å². The molecule has 0 spiro atoms. The van der Waals surface area contributed by atoms with Crippen molar-refractivity contribution >= 4 is 0 Å². The molecular weight excluding hydrogens is 246 g/mol. The van der Waals surface area contributed by atoms with Crippen LogP contribution in [0.5, 0.6) is 0 Å². The van der Waals surface area contributed by atoms with E-state index in [1.54, 1.807) is 0 Å². The van der Waals surface area contributed by atoms with E-state index >= 15 is 0 Å². The minimum atomic E-state index is 1.01. The maximum atomic E-state index is 4.62. The molecule has 0 saturated heterocycles. The normalized spacial score (nSPS) is 12.8. The maximum Gasteiger partial charge on any atom is 0.141 e. The molecule has 1 aliphatic heterocycles. The smallest absolute Gasteiger partial charge is 0.141 e. The molecule has 0 N–H and O–H groups in total. The molecule has 0 atom stereocenters. The van der Waals surface area contributed by atoms with E-state index in [-0.39, 0.29) is 0 Å². The number of hydrogen-bond donors (Lipinski definition) is 0. The third-order valence-electron chi connectivity index (χ3n) is 3.96. The molecule has 0 radical (unpaired) electrons. The Labute approximate surface area is 117 Å². The van der Waals surface area contributed by atoms with Crippen LogP contribution in [0, 0.1) is 6.92 Å². The molecule has 1 aromatic carbocycles. The first-order chi connectivity index (χ1) is 9.83. The highest BCUT2D eigenvalue weighted by molar-refractivity contribution is 5.68. The van der Waals surface area contributed by atoms with Crippen LogP contribution in [-0.2, 0) is 13.0 Å². The van der Waals surface area contributed by atoms with Gasteiger partial charge in [0.25, 0.3) is 0 Å². The van der Waals surface area contributed by atoms with E-state index in [9.17, 15) is 0 Å². The average Bonchev–Trinajstić information content (AvgIpc) is 2.89. The van der Waals surface area contributed by atoms with E-state index in [4.69, 9.17) is 0 Å². The van der Waals surface area contributed by atoms with E-state index in [1.807, 2.05) is 30.6 Å². The summed E-state index contributed by atoms with van der Waals surface area (Å²) in [6, 6.07) is 12.5. The molecule has 98 valence electrons. The van der Waals surface area contributed by atoms with E-state index < -0.39 is 0 Å². The molecule has 0 bridgehead atoms. The van der Waals surface area contributed by atoms with Gasteiger partial charge in [-0.25, -0.2) is 4.98 Å². The molecule has 0 unspecified atom stereocenters. The molecule has 0 aliphatic carbocycles. The van der Waals surface area contributed by atoms with Crippen molar-refractivity contribution in [3.63, 3.8) is 0 Å². The van der Waals surface area contributed by atoms with Crippen LogP contribution >= 0.6 is 0 Å². The molecule has 3 nitrogen and oxygen atoms in total. The second-order valence-electron chi connectivity index (χ2n) is 5.22. The van der Waals surface area contributed by atoms with Crippen LogP contribution in [0.15, 0.2) is 48.8 Å². The zero-order valence-corrected chi connectivity index (χ0v) is 11.4. The van der Waals surface area contributed by atoms with Gasteiger partial charge in [0.05, 0.1) is 5.69 Å². The first kappa shape index (κ1) is 11.4. The van der Waals surface area contributed by atoms with Gasteiger partial charge in [0, 0.05) is 35.8 Å². The van der Waals surface area contributed by atoms with Crippen molar-refractivity contribution in [3.8, 4) is 22.6 Å². The van der Waals surface area contributed by atoms with Crippen molar-refractivity contribution in [3.05, 3.63) is 60.0 Å². The van der Waals surface area contributed by atoms with Crippen molar-refractivity contribution in [2.24, 2.45) is 0 Å². The van der Waals surface area contributed by atoms with Gasteiger partial charge in [0.1, 0.15) is 5.82 Å². The Morgan fingerprint density at radius 3 is 2.75 bits per heavy atom. The first-order valence-electron chi connectivity index (χ1n) is 6.90. The zero-order valence-electron chi connectivity index (χ0n) is 11.4. The summed E-state index contributed by atoms with van der Waals surface area (Å²) in [7, 11) is 0. The van der Waals surface area contributed by atoms with Crippen LogP contribution in [0.4, 0.5) is 0 Å². The second-order valence-corrected chi connectivity index (χ2v) is 5.22. The molecule has 0 amide bonds. The standard InChI is InChI=1S/C17H15N3/c1-12-10-19-17-15-11-18-16(13-5-3-2-4-6-13)9-14(15)7-8-20(12)17/h2-6,9-11H,7-8H2,1H3. The van der Waals surface area contributed by atoms with Gasteiger partial charge in [-0.2, -0.15) is 0 Å². The Hall–Kier alpha value is -2.42. The lowest BCUT2D eigenvalue weighted by molar-refractivity contribution is 0.666. The second kappa shape index (κ2) is 4.30. The summed E-state index contributed by atoms with van der Waals surface area (Å²) in [6.07, 6.45) is 4.95. The Balaban J connectivity index is 1.84. The molecule has 4 rings (SSSR count). The van der Waals surface area contributed by atoms with Crippen LogP contribution in [0.2, 0.25) is 0 Å². The number of fused-ring (bicyclic) bond motifs is 3. The summed E-state index contributed by atoms with van der Waals surface area (Å²) >= 11 is 0. The summed E-state index contributed by atoms with van der Waals surface area (Å²) in [5.74, 6) is 1.05. The molecule has 3 heteroatoms. The van der Waals surface area contributed by atoms with Gasteiger partial charge in [0.2, 0.25) is 0 Å². The molecule has 3 aromatic rings. The lowest BCUT2D eigenvalue weighted by Crippen LogP contribution is -2.12. The fourth-order valence-corrected chi connectivity index (χ4v) is 2.86. The Morgan fingerprint density at radius 2 is 1.90 bits per heavy atom. The number of nitrogens with zero attached hydrogens (tertiary/aromatic N) is 3. The predicted molar refractivity (Wildman–Crippen MR) is 79.3 cm³/mol. The number of aromatic nitrogens is 3. The fraction of sp³-hybridized carbons (Fsp3) is 0.176. The largest absolute Gasteiger partial charge is 0.328 e. The van der Waals surface area contributed by atoms with Gasteiger partial charge in [-0.15, -0.1) is 0 Å². The molecule has 0 saturated carbocycles. The monoisotopic (exact) mass is 261 g/mol. The van der Waals surface area contributed by atoms with Crippen molar-refractivity contribution in [1.29, 1.82) is 0 Å². The van der Waals surface area contributed by atoms with Gasteiger partial charge in [0.15, 0.2) is 0 Å². The van der Waals surface area contributed by atoms with E-state index in [2.05, 4.69) is 39.7 Å². The lowest BCUT2D eigenvalue weighted by atomic mass is 10.00. The summed E-state index contributed by atoms with van der Waals surface area (Å²) in [4.78, 5) is 9.14. The van der Waals surface area contributed by atoms with E-state index in [0.717, 1.165) is 24.5 Å². The van der Waals surface area contributed by atoms with Crippen LogP contribution in [0.3, 0.4) is 0 Å². The molecule has 3 heterocycles. The number of imidazole rings is 1. The van der Waals surface area contributed by atoms with Crippen molar-refractivity contribution in [2.75, 3.05) is 0 Å². The lowest BCUT2D eigenvalue weighted by Gasteiger charge is -2.19. The highest BCUT2D eigenvalue weighted by Crippen LogP contribution is 2.31. The van der Waals surface area contributed by atoms with Gasteiger partial charge < -0.3 is 4.57 Å². The predicted octanol–water partition coefficient (Wildman–Crippen LogP) is 3.48. The van der Waals surface area contributed by atoms with Gasteiger partial charge >= 0.3 is 0 Å². The fourth-order valence-electron chi connectivity index (χ4n) is 2.86. The Morgan fingerprint density at radius 1 is 1.05 bits per heavy atom. The summed E-state index contributed by atoms with van der Waals surface area (Å²) in [5.41, 5.74) is 5.94. The Kier molecular flexibility index (Phi) is 2.46. The number of hydrogen-bond acceptors (Lipinski definition) is 2.